The van der Waals surface area contributed by atoms with Crippen LogP contribution in [0, 0.1) is 0 Å². The number of carbonyl (C=O) groups is 1. The lowest BCUT2D eigenvalue weighted by molar-refractivity contribution is -0.140. The Morgan fingerprint density at radius 1 is 1.50 bits per heavy atom. The minimum atomic E-state index is -0.812. The molecule has 60 valence electrons. The average molecular weight is 146 g/mol. The zero-order chi connectivity index (χ0) is 8.15. The van der Waals surface area contributed by atoms with Gasteiger partial charge >= 0.3 is 5.97 Å². The van der Waals surface area contributed by atoms with Gasteiger partial charge in [-0.15, -0.1) is 0 Å². The summed E-state index contributed by atoms with van der Waals surface area (Å²) in [6.45, 7) is 5.53. The topological polar surface area (TPSA) is 46.5 Å². The number of carboxylic acids is 1. The van der Waals surface area contributed by atoms with Gasteiger partial charge in [-0.05, 0) is 20.8 Å². The van der Waals surface area contributed by atoms with Crippen molar-refractivity contribution in [3.05, 3.63) is 0 Å². The maximum absolute atomic E-state index is 10.1. The first-order valence-electron chi connectivity index (χ1n) is 3.39. The fourth-order valence-electron chi connectivity index (χ4n) is 0.759. The van der Waals surface area contributed by atoms with Gasteiger partial charge in [-0.25, -0.2) is 0 Å². The number of hydrogen-bond acceptors (Lipinski definition) is 2. The molecule has 10 heavy (non-hydrogen) atoms. The van der Waals surface area contributed by atoms with E-state index in [1.54, 1.807) is 6.92 Å². The molecule has 0 fully saturated rings. The van der Waals surface area contributed by atoms with Crippen molar-refractivity contribution in [3.8, 4) is 0 Å². The summed E-state index contributed by atoms with van der Waals surface area (Å²) in [5, 5.41) is 8.32. The Morgan fingerprint density at radius 3 is 2.30 bits per heavy atom. The molecule has 0 bridgehead atoms. The molecular weight excluding hydrogens is 132 g/mol. The van der Waals surface area contributed by atoms with E-state index in [9.17, 15) is 4.79 Å². The first kappa shape index (κ1) is 9.43. The summed E-state index contributed by atoms with van der Waals surface area (Å²) in [4.78, 5) is 10.1. The van der Waals surface area contributed by atoms with Crippen LogP contribution in [0.2, 0.25) is 0 Å². The molecule has 1 N–H and O–H groups in total. The first-order chi connectivity index (χ1) is 4.52. The molecule has 0 aliphatic carbocycles. The zero-order valence-electron chi connectivity index (χ0n) is 6.63. The molecular formula is C7H14O3. The van der Waals surface area contributed by atoms with Gasteiger partial charge in [-0.1, -0.05) is 0 Å². The molecule has 1 atom stereocenters. The van der Waals surface area contributed by atoms with Gasteiger partial charge in [0, 0.05) is 0 Å². The molecule has 0 spiro atoms. The second-order valence-electron chi connectivity index (χ2n) is 2.59. The Hall–Kier alpha value is -0.570. The summed E-state index contributed by atoms with van der Waals surface area (Å²) in [6, 6.07) is 0. The van der Waals surface area contributed by atoms with Crippen molar-refractivity contribution in [2.75, 3.05) is 0 Å². The molecule has 0 aromatic heterocycles. The second kappa shape index (κ2) is 4.28. The van der Waals surface area contributed by atoms with Gasteiger partial charge in [0.05, 0.1) is 18.6 Å². The van der Waals surface area contributed by atoms with Gasteiger partial charge in [-0.3, -0.25) is 4.79 Å². The van der Waals surface area contributed by atoms with Crippen molar-refractivity contribution >= 4 is 5.97 Å². The molecule has 0 saturated heterocycles. The lowest BCUT2D eigenvalue weighted by atomic mass is 10.3. The fourth-order valence-corrected chi connectivity index (χ4v) is 0.759. The van der Waals surface area contributed by atoms with E-state index in [1.807, 2.05) is 13.8 Å². The third-order valence-electron chi connectivity index (χ3n) is 0.967. The number of rotatable bonds is 4. The zero-order valence-corrected chi connectivity index (χ0v) is 6.63. The summed E-state index contributed by atoms with van der Waals surface area (Å²) in [5.41, 5.74) is 0. The van der Waals surface area contributed by atoms with Crippen LogP contribution in [0.1, 0.15) is 27.2 Å². The fraction of sp³-hybridized carbons (Fsp3) is 0.857. The normalized spacial score (nSPS) is 13.6. The van der Waals surface area contributed by atoms with E-state index in [-0.39, 0.29) is 18.6 Å². The molecule has 0 radical (unpaired) electrons. The molecule has 0 rings (SSSR count). The smallest absolute Gasteiger partial charge is 0.305 e. The van der Waals surface area contributed by atoms with E-state index in [1.165, 1.54) is 0 Å². The molecule has 0 unspecified atom stereocenters. The van der Waals surface area contributed by atoms with Crippen molar-refractivity contribution in [2.45, 2.75) is 39.4 Å². The van der Waals surface area contributed by atoms with Gasteiger partial charge in [0.25, 0.3) is 0 Å². The van der Waals surface area contributed by atoms with Crippen LogP contribution in [0.25, 0.3) is 0 Å². The van der Waals surface area contributed by atoms with Crippen LogP contribution in [-0.2, 0) is 9.53 Å². The van der Waals surface area contributed by atoms with Crippen LogP contribution in [-0.4, -0.2) is 23.3 Å². The van der Waals surface area contributed by atoms with Gasteiger partial charge in [-0.2, -0.15) is 0 Å². The Bertz CT molecular complexity index is 109. The Morgan fingerprint density at radius 2 is 2.00 bits per heavy atom. The summed E-state index contributed by atoms with van der Waals surface area (Å²) in [6.07, 6.45) is 0.00454. The lowest BCUT2D eigenvalue weighted by Gasteiger charge is -2.13. The minimum Gasteiger partial charge on any atom is -0.481 e. The molecule has 0 heterocycles. The molecule has 0 aromatic carbocycles. The Labute approximate surface area is 61.0 Å². The summed E-state index contributed by atoms with van der Waals surface area (Å²) < 4.78 is 5.18. The number of aliphatic carboxylic acids is 1. The van der Waals surface area contributed by atoms with E-state index in [0.717, 1.165) is 0 Å². The molecule has 0 aliphatic rings. The highest BCUT2D eigenvalue weighted by atomic mass is 16.5. The van der Waals surface area contributed by atoms with Crippen LogP contribution < -0.4 is 0 Å². The third-order valence-corrected chi connectivity index (χ3v) is 0.967. The van der Waals surface area contributed by atoms with Crippen LogP contribution in [0.4, 0.5) is 0 Å². The quantitative estimate of drug-likeness (QED) is 0.649. The summed E-state index contributed by atoms with van der Waals surface area (Å²) in [7, 11) is 0. The van der Waals surface area contributed by atoms with Gasteiger partial charge in [0.2, 0.25) is 0 Å². The van der Waals surface area contributed by atoms with Crippen LogP contribution in [0.5, 0.6) is 0 Å². The molecule has 3 nitrogen and oxygen atoms in total. The van der Waals surface area contributed by atoms with E-state index < -0.39 is 5.97 Å². The molecule has 0 aliphatic heterocycles. The van der Waals surface area contributed by atoms with Gasteiger partial charge in [0.15, 0.2) is 0 Å². The number of carboxylic acid groups (broad SMARTS) is 1. The van der Waals surface area contributed by atoms with Crippen molar-refractivity contribution < 1.29 is 14.6 Å². The molecule has 0 aromatic rings. The Kier molecular flexibility index (Phi) is 4.03. The van der Waals surface area contributed by atoms with Crippen LogP contribution in [0.3, 0.4) is 0 Å². The van der Waals surface area contributed by atoms with E-state index in [4.69, 9.17) is 9.84 Å². The highest BCUT2D eigenvalue weighted by molar-refractivity contribution is 5.67. The van der Waals surface area contributed by atoms with Crippen LogP contribution in [0.15, 0.2) is 0 Å². The minimum absolute atomic E-state index is 0.0815. The van der Waals surface area contributed by atoms with Crippen LogP contribution >= 0.6 is 0 Å². The number of hydrogen-bond donors (Lipinski definition) is 1. The van der Waals surface area contributed by atoms with Crippen molar-refractivity contribution in [2.24, 2.45) is 0 Å². The molecule has 3 heteroatoms. The summed E-state index contributed by atoms with van der Waals surface area (Å²) >= 11 is 0. The standard InChI is InChI=1S/C7H14O3/c1-5(2)10-6(3)4-7(8)9/h5-6H,4H2,1-3H3,(H,8,9)/t6-/m0/s1. The summed E-state index contributed by atoms with van der Waals surface area (Å²) in [5.74, 6) is -0.812. The SMILES string of the molecule is CC(C)O[C@@H](C)CC(=O)O. The monoisotopic (exact) mass is 146 g/mol. The molecule has 0 amide bonds. The van der Waals surface area contributed by atoms with Crippen molar-refractivity contribution in [1.29, 1.82) is 0 Å². The lowest BCUT2D eigenvalue weighted by Crippen LogP contribution is -2.17. The highest BCUT2D eigenvalue weighted by Crippen LogP contribution is 2.00. The first-order valence-corrected chi connectivity index (χ1v) is 3.39. The van der Waals surface area contributed by atoms with Gasteiger partial charge < -0.3 is 9.84 Å². The van der Waals surface area contributed by atoms with E-state index >= 15 is 0 Å². The number of ether oxygens (including phenoxy) is 1. The maximum Gasteiger partial charge on any atom is 0.305 e. The van der Waals surface area contributed by atoms with E-state index in [2.05, 4.69) is 0 Å². The average Bonchev–Trinajstić information content (AvgIpc) is 1.58. The van der Waals surface area contributed by atoms with Gasteiger partial charge in [0.1, 0.15) is 0 Å². The predicted octanol–water partition coefficient (Wildman–Crippen LogP) is 1.27. The largest absolute Gasteiger partial charge is 0.481 e. The Balaban J connectivity index is 3.43. The third kappa shape index (κ3) is 5.56. The van der Waals surface area contributed by atoms with Crippen molar-refractivity contribution in [1.82, 2.24) is 0 Å². The molecule has 0 saturated carbocycles. The second-order valence-corrected chi connectivity index (χ2v) is 2.59. The maximum atomic E-state index is 10.1. The van der Waals surface area contributed by atoms with Crippen molar-refractivity contribution in [3.63, 3.8) is 0 Å². The predicted molar refractivity (Wildman–Crippen MR) is 37.9 cm³/mol. The highest BCUT2D eigenvalue weighted by Gasteiger charge is 2.08. The van der Waals surface area contributed by atoms with E-state index in [0.29, 0.717) is 0 Å².